The molecular weight excluding hydrogens is 378 g/mol. The van der Waals surface area contributed by atoms with Gasteiger partial charge in [0.15, 0.2) is 12.3 Å². The highest BCUT2D eigenvalue weighted by Crippen LogP contribution is 2.40. The fourth-order valence-electron chi connectivity index (χ4n) is 5.69. The van der Waals surface area contributed by atoms with E-state index in [-0.39, 0.29) is 11.6 Å². The molecule has 2 aromatic carbocycles. The van der Waals surface area contributed by atoms with Gasteiger partial charge in [-0.15, -0.1) is 0 Å². The minimum atomic E-state index is -0.145. The quantitative estimate of drug-likeness (QED) is 0.555. The van der Waals surface area contributed by atoms with Gasteiger partial charge < -0.3 is 4.90 Å². The first-order valence-electron chi connectivity index (χ1n) is 11.1. The fourth-order valence-corrected chi connectivity index (χ4v) is 5.69. The van der Waals surface area contributed by atoms with Crippen LogP contribution >= 0.6 is 0 Å². The van der Waals surface area contributed by atoms with Crippen LogP contribution in [-0.4, -0.2) is 23.4 Å². The van der Waals surface area contributed by atoms with Gasteiger partial charge in [0.25, 0.3) is 0 Å². The van der Waals surface area contributed by atoms with Crippen LogP contribution in [0.5, 0.6) is 0 Å². The van der Waals surface area contributed by atoms with Gasteiger partial charge in [0.05, 0.1) is 0 Å². The summed E-state index contributed by atoms with van der Waals surface area (Å²) in [5.41, 5.74) is 8.69. The van der Waals surface area contributed by atoms with Gasteiger partial charge >= 0.3 is 0 Å². The normalized spacial score (nSPS) is 24.9. The van der Waals surface area contributed by atoms with Gasteiger partial charge in [0, 0.05) is 48.5 Å². The van der Waals surface area contributed by atoms with Crippen LogP contribution < -0.4 is 4.90 Å². The molecule has 4 aliphatic rings. The molecular formula is C26H25F2N2+. The zero-order valence-corrected chi connectivity index (χ0v) is 17.0. The Bertz CT molecular complexity index is 1140. The van der Waals surface area contributed by atoms with E-state index in [1.54, 1.807) is 24.3 Å². The molecule has 0 spiro atoms. The molecule has 6 rings (SSSR count). The van der Waals surface area contributed by atoms with Gasteiger partial charge in [-0.05, 0) is 79.1 Å². The Hall–Kier alpha value is -2.75. The molecule has 2 aliphatic carbocycles. The third kappa shape index (κ3) is 2.92. The summed E-state index contributed by atoms with van der Waals surface area (Å²) in [6.07, 6.45) is 11.1. The van der Waals surface area contributed by atoms with E-state index in [0.29, 0.717) is 5.92 Å². The van der Waals surface area contributed by atoms with E-state index in [9.17, 15) is 8.78 Å². The van der Waals surface area contributed by atoms with Gasteiger partial charge in [-0.2, -0.15) is 4.58 Å². The first kappa shape index (κ1) is 18.1. The van der Waals surface area contributed by atoms with Crippen LogP contribution in [0.3, 0.4) is 0 Å². The van der Waals surface area contributed by atoms with Crippen LogP contribution in [0, 0.1) is 17.6 Å². The number of anilines is 1. The second-order valence-electron chi connectivity index (χ2n) is 8.89. The SMILES string of the molecule is Fc1ccc2c(c1)CCN2C1=CC2=C/C(=[N+]3\CCc4cc(F)ccc43)CCC2CC1. The number of rotatable bonds is 1. The number of hydrogen-bond acceptors (Lipinski definition) is 1. The van der Waals surface area contributed by atoms with Crippen LogP contribution in [0.1, 0.15) is 36.8 Å². The lowest BCUT2D eigenvalue weighted by Crippen LogP contribution is -2.27. The summed E-state index contributed by atoms with van der Waals surface area (Å²) in [5.74, 6) is 0.338. The average molecular weight is 403 g/mol. The predicted molar refractivity (Wildman–Crippen MR) is 115 cm³/mol. The summed E-state index contributed by atoms with van der Waals surface area (Å²) in [5, 5.41) is 0. The summed E-state index contributed by atoms with van der Waals surface area (Å²) >= 11 is 0. The van der Waals surface area contributed by atoms with E-state index in [0.717, 1.165) is 61.3 Å². The largest absolute Gasteiger partial charge is 0.345 e. The van der Waals surface area contributed by atoms with E-state index in [2.05, 4.69) is 21.6 Å². The Morgan fingerprint density at radius 1 is 0.833 bits per heavy atom. The van der Waals surface area contributed by atoms with E-state index in [1.807, 2.05) is 12.1 Å². The number of nitrogens with zero attached hydrogens (tertiary/aromatic N) is 2. The highest BCUT2D eigenvalue weighted by molar-refractivity contribution is 5.94. The van der Waals surface area contributed by atoms with Crippen LogP contribution in [0.25, 0.3) is 0 Å². The molecule has 2 heterocycles. The first-order chi connectivity index (χ1) is 14.7. The molecule has 0 amide bonds. The molecule has 0 bridgehead atoms. The Kier molecular flexibility index (Phi) is 4.15. The third-order valence-corrected chi connectivity index (χ3v) is 7.20. The summed E-state index contributed by atoms with van der Waals surface area (Å²) in [6.45, 7) is 1.87. The lowest BCUT2D eigenvalue weighted by Gasteiger charge is -2.32. The van der Waals surface area contributed by atoms with Crippen molar-refractivity contribution in [3.05, 3.63) is 82.6 Å². The maximum Gasteiger partial charge on any atom is 0.209 e. The lowest BCUT2D eigenvalue weighted by atomic mass is 9.79. The van der Waals surface area contributed by atoms with Gasteiger partial charge in [-0.1, -0.05) is 0 Å². The number of hydrogen-bond donors (Lipinski definition) is 0. The number of fused-ring (bicyclic) bond motifs is 3. The Labute approximate surface area is 175 Å². The maximum absolute atomic E-state index is 13.6. The van der Waals surface area contributed by atoms with Gasteiger partial charge in [0.2, 0.25) is 5.69 Å². The third-order valence-electron chi connectivity index (χ3n) is 7.20. The van der Waals surface area contributed by atoms with Crippen molar-refractivity contribution >= 4 is 17.1 Å². The monoisotopic (exact) mass is 403 g/mol. The van der Waals surface area contributed by atoms with Crippen molar-refractivity contribution in [1.29, 1.82) is 0 Å². The summed E-state index contributed by atoms with van der Waals surface area (Å²) < 4.78 is 29.6. The smallest absolute Gasteiger partial charge is 0.209 e. The average Bonchev–Trinajstić information content (AvgIpc) is 3.36. The summed E-state index contributed by atoms with van der Waals surface area (Å²) in [7, 11) is 0. The standard InChI is InChI=1S/C26H25F2N2/c27-21-3-7-25-18(13-21)9-11-29(25)23-5-1-17-2-6-24(16-20(17)15-23)30-12-10-19-14-22(28)4-8-26(19)30/h3-4,7-8,13-17H,1-2,5-6,9-12H2/q+1. The molecule has 0 aromatic heterocycles. The number of halogens is 2. The zero-order valence-electron chi connectivity index (χ0n) is 17.0. The van der Waals surface area contributed by atoms with Crippen molar-refractivity contribution < 1.29 is 13.4 Å². The first-order valence-corrected chi connectivity index (χ1v) is 11.1. The zero-order chi connectivity index (χ0) is 20.2. The van der Waals surface area contributed by atoms with Gasteiger partial charge in [-0.25, -0.2) is 8.78 Å². The van der Waals surface area contributed by atoms with Crippen molar-refractivity contribution in [2.24, 2.45) is 5.92 Å². The highest BCUT2D eigenvalue weighted by Gasteiger charge is 2.33. The number of benzene rings is 2. The van der Waals surface area contributed by atoms with E-state index in [1.165, 1.54) is 29.8 Å². The Balaban J connectivity index is 1.36. The van der Waals surface area contributed by atoms with Gasteiger partial charge in [-0.3, -0.25) is 0 Å². The van der Waals surface area contributed by atoms with Gasteiger partial charge in [0.1, 0.15) is 11.6 Å². The lowest BCUT2D eigenvalue weighted by molar-refractivity contribution is -0.429. The van der Waals surface area contributed by atoms with E-state index in [4.69, 9.17) is 0 Å². The van der Waals surface area contributed by atoms with Crippen molar-refractivity contribution in [3.8, 4) is 0 Å². The number of allylic oxidation sites excluding steroid dienone is 4. The second-order valence-corrected chi connectivity index (χ2v) is 8.89. The molecule has 2 aliphatic heterocycles. The molecule has 2 aromatic rings. The minimum Gasteiger partial charge on any atom is -0.345 e. The van der Waals surface area contributed by atoms with Crippen molar-refractivity contribution in [3.63, 3.8) is 0 Å². The van der Waals surface area contributed by atoms with E-state index < -0.39 is 0 Å². The molecule has 0 N–H and O–H groups in total. The fraction of sp³-hybridized carbons (Fsp3) is 0.346. The molecule has 30 heavy (non-hydrogen) atoms. The molecule has 0 saturated carbocycles. The van der Waals surface area contributed by atoms with Crippen LogP contribution in [0.2, 0.25) is 0 Å². The highest BCUT2D eigenvalue weighted by atomic mass is 19.1. The molecule has 4 heteroatoms. The predicted octanol–water partition coefficient (Wildman–Crippen LogP) is 5.68. The summed E-state index contributed by atoms with van der Waals surface area (Å²) in [6, 6.07) is 10.4. The molecule has 0 saturated heterocycles. The summed E-state index contributed by atoms with van der Waals surface area (Å²) in [4.78, 5) is 2.38. The molecule has 1 atom stereocenters. The Morgan fingerprint density at radius 3 is 2.53 bits per heavy atom. The molecule has 2 nitrogen and oxygen atoms in total. The molecule has 1 unspecified atom stereocenters. The van der Waals surface area contributed by atoms with Crippen molar-refractivity contribution in [2.45, 2.75) is 38.5 Å². The van der Waals surface area contributed by atoms with Crippen LogP contribution in [-0.2, 0) is 12.8 Å². The second kappa shape index (κ2) is 6.90. The minimum absolute atomic E-state index is 0.145. The Morgan fingerprint density at radius 2 is 1.63 bits per heavy atom. The molecule has 152 valence electrons. The molecule has 0 radical (unpaired) electrons. The van der Waals surface area contributed by atoms with Crippen molar-refractivity contribution in [1.82, 2.24) is 0 Å². The van der Waals surface area contributed by atoms with Crippen LogP contribution in [0.15, 0.2) is 59.8 Å². The van der Waals surface area contributed by atoms with E-state index >= 15 is 0 Å². The maximum atomic E-state index is 13.6. The molecule has 0 fully saturated rings. The van der Waals surface area contributed by atoms with Crippen molar-refractivity contribution in [2.75, 3.05) is 18.0 Å². The van der Waals surface area contributed by atoms with Crippen LogP contribution in [0.4, 0.5) is 20.2 Å². The topological polar surface area (TPSA) is 6.25 Å².